The van der Waals surface area contributed by atoms with E-state index in [2.05, 4.69) is 0 Å². The van der Waals surface area contributed by atoms with Gasteiger partial charge in [-0.25, -0.2) is 0 Å². The number of hydrogen-bond donors (Lipinski definition) is 2. The normalized spacial score (nSPS) is 28.3. The number of carbonyl (C=O) groups is 2. The molecule has 0 aromatic heterocycles. The van der Waals surface area contributed by atoms with Crippen LogP contribution in [0.3, 0.4) is 0 Å². The van der Waals surface area contributed by atoms with Crippen molar-refractivity contribution >= 4 is 23.6 Å². The Morgan fingerprint density at radius 3 is 2.50 bits per heavy atom. The summed E-state index contributed by atoms with van der Waals surface area (Å²) in [5, 5.41) is 9.61. The maximum Gasteiger partial charge on any atom is 0.243 e. The Morgan fingerprint density at radius 2 is 1.91 bits per heavy atom. The van der Waals surface area contributed by atoms with E-state index in [4.69, 9.17) is 5.73 Å². The number of rotatable bonds is 3. The summed E-state index contributed by atoms with van der Waals surface area (Å²) in [6.45, 7) is 7.29. The molecule has 1 unspecified atom stereocenters. The lowest BCUT2D eigenvalue weighted by molar-refractivity contribution is -0.144. The Bertz CT molecular complexity index is 444. The smallest absolute Gasteiger partial charge is 0.243 e. The van der Waals surface area contributed by atoms with Gasteiger partial charge in [-0.05, 0) is 19.8 Å². The molecule has 7 heteroatoms. The first-order valence-corrected chi connectivity index (χ1v) is 8.95. The van der Waals surface area contributed by atoms with E-state index in [9.17, 15) is 14.7 Å². The summed E-state index contributed by atoms with van der Waals surface area (Å²) in [6, 6.07) is -0.897. The molecule has 2 fully saturated rings. The van der Waals surface area contributed by atoms with Crippen molar-refractivity contribution in [2.75, 3.05) is 25.4 Å². The molecule has 126 valence electrons. The van der Waals surface area contributed by atoms with Crippen molar-refractivity contribution in [1.82, 2.24) is 9.80 Å². The van der Waals surface area contributed by atoms with Crippen molar-refractivity contribution in [1.29, 1.82) is 0 Å². The van der Waals surface area contributed by atoms with E-state index in [1.807, 2.05) is 18.7 Å². The van der Waals surface area contributed by atoms with Crippen LogP contribution in [-0.2, 0) is 9.59 Å². The van der Waals surface area contributed by atoms with Crippen LogP contribution in [0.2, 0.25) is 0 Å². The Labute approximate surface area is 136 Å². The third kappa shape index (κ3) is 3.26. The zero-order valence-electron chi connectivity index (χ0n) is 13.6. The first-order valence-electron chi connectivity index (χ1n) is 7.96. The Hall–Kier alpha value is -0.790. The number of piperidine rings is 1. The molecule has 2 heterocycles. The van der Waals surface area contributed by atoms with Gasteiger partial charge in [-0.3, -0.25) is 9.59 Å². The van der Waals surface area contributed by atoms with Gasteiger partial charge >= 0.3 is 0 Å². The lowest BCUT2D eigenvalue weighted by Crippen LogP contribution is -2.61. The summed E-state index contributed by atoms with van der Waals surface area (Å²) < 4.78 is 0. The second-order valence-corrected chi connectivity index (χ2v) is 8.03. The van der Waals surface area contributed by atoms with Gasteiger partial charge in [0.15, 0.2) is 0 Å². The van der Waals surface area contributed by atoms with Crippen LogP contribution in [0.1, 0.15) is 33.6 Å². The molecule has 2 saturated heterocycles. The lowest BCUT2D eigenvalue weighted by Gasteiger charge is -2.46. The third-order valence-corrected chi connectivity index (χ3v) is 5.97. The highest BCUT2D eigenvalue weighted by atomic mass is 32.2. The molecule has 0 aromatic rings. The first-order chi connectivity index (χ1) is 10.3. The van der Waals surface area contributed by atoms with E-state index in [-0.39, 0.29) is 22.6 Å². The lowest BCUT2D eigenvalue weighted by atomic mass is 10.00. The first kappa shape index (κ1) is 17.6. The molecular weight excluding hydrogens is 302 g/mol. The molecule has 0 saturated carbocycles. The molecule has 2 rings (SSSR count). The average molecular weight is 329 g/mol. The minimum Gasteiger partial charge on any atom is -0.391 e. The van der Waals surface area contributed by atoms with Gasteiger partial charge in [0.2, 0.25) is 11.8 Å². The summed E-state index contributed by atoms with van der Waals surface area (Å²) in [4.78, 5) is 28.2. The highest BCUT2D eigenvalue weighted by Gasteiger charge is 2.49. The summed E-state index contributed by atoms with van der Waals surface area (Å²) in [5.74, 6) is 0.741. The van der Waals surface area contributed by atoms with E-state index in [0.29, 0.717) is 13.1 Å². The number of thioether (sulfide) groups is 1. The number of nitrogens with two attached hydrogens (primary N) is 1. The van der Waals surface area contributed by atoms with Crippen LogP contribution in [0, 0.1) is 5.92 Å². The van der Waals surface area contributed by atoms with Crippen LogP contribution in [0.5, 0.6) is 0 Å². The number of likely N-dealkylation sites (tertiary alicyclic amines) is 1. The SMILES string of the molecule is CC(C)C(=O)N1CCCC2(C1)SCCN2C(=O)[C@@H](N)[C@@H](C)O. The molecule has 3 atom stereocenters. The Kier molecular flexibility index (Phi) is 5.40. The van der Waals surface area contributed by atoms with Crippen LogP contribution >= 0.6 is 11.8 Å². The average Bonchev–Trinajstić information content (AvgIpc) is 2.87. The monoisotopic (exact) mass is 329 g/mol. The fraction of sp³-hybridized carbons (Fsp3) is 0.867. The maximum atomic E-state index is 12.6. The van der Waals surface area contributed by atoms with E-state index in [1.165, 1.54) is 6.92 Å². The van der Waals surface area contributed by atoms with Crippen LogP contribution in [0.25, 0.3) is 0 Å². The minimum absolute atomic E-state index is 0.0366. The van der Waals surface area contributed by atoms with Gasteiger partial charge in [0.25, 0.3) is 0 Å². The number of hydrogen-bond acceptors (Lipinski definition) is 5. The Morgan fingerprint density at radius 1 is 1.23 bits per heavy atom. The predicted octanol–water partition coefficient (Wildman–Crippen LogP) is 0.245. The third-order valence-electron chi connectivity index (χ3n) is 4.49. The van der Waals surface area contributed by atoms with Crippen molar-refractivity contribution < 1.29 is 14.7 Å². The highest BCUT2D eigenvalue weighted by Crippen LogP contribution is 2.43. The van der Waals surface area contributed by atoms with Crippen molar-refractivity contribution in [3.8, 4) is 0 Å². The fourth-order valence-electron chi connectivity index (χ4n) is 3.20. The number of carbonyl (C=O) groups excluding carboxylic acids is 2. The summed E-state index contributed by atoms with van der Waals surface area (Å²) in [7, 11) is 0. The largest absolute Gasteiger partial charge is 0.391 e. The molecule has 0 bridgehead atoms. The van der Waals surface area contributed by atoms with Gasteiger partial charge in [0, 0.05) is 24.8 Å². The maximum absolute atomic E-state index is 12.6. The van der Waals surface area contributed by atoms with Gasteiger partial charge < -0.3 is 20.6 Å². The van der Waals surface area contributed by atoms with Gasteiger partial charge in [-0.15, -0.1) is 11.8 Å². The fourth-order valence-corrected chi connectivity index (χ4v) is 4.73. The van der Waals surface area contributed by atoms with Gasteiger partial charge in [0.05, 0.1) is 12.6 Å². The van der Waals surface area contributed by atoms with Crippen molar-refractivity contribution in [2.45, 2.75) is 50.6 Å². The van der Waals surface area contributed by atoms with E-state index >= 15 is 0 Å². The van der Waals surface area contributed by atoms with Crippen molar-refractivity contribution in [2.24, 2.45) is 11.7 Å². The second-order valence-electron chi connectivity index (χ2n) is 6.57. The van der Waals surface area contributed by atoms with E-state index in [1.54, 1.807) is 16.7 Å². The summed E-state index contributed by atoms with van der Waals surface area (Å²) >= 11 is 1.74. The molecule has 2 aliphatic heterocycles. The quantitative estimate of drug-likeness (QED) is 0.775. The number of aliphatic hydroxyl groups is 1. The topological polar surface area (TPSA) is 86.9 Å². The molecule has 3 N–H and O–H groups in total. The van der Waals surface area contributed by atoms with Gasteiger partial charge in [-0.2, -0.15) is 0 Å². The number of nitrogens with zero attached hydrogens (tertiary/aromatic N) is 2. The minimum atomic E-state index is -0.897. The van der Waals surface area contributed by atoms with Crippen molar-refractivity contribution in [3.63, 3.8) is 0 Å². The molecule has 2 amide bonds. The van der Waals surface area contributed by atoms with E-state index < -0.39 is 12.1 Å². The van der Waals surface area contributed by atoms with Gasteiger partial charge in [-0.1, -0.05) is 13.8 Å². The van der Waals surface area contributed by atoms with Crippen LogP contribution in [0.4, 0.5) is 0 Å². The summed E-state index contributed by atoms with van der Waals surface area (Å²) in [5.41, 5.74) is 5.84. The molecule has 0 aromatic carbocycles. The molecule has 1 spiro atoms. The van der Waals surface area contributed by atoms with Crippen molar-refractivity contribution in [3.05, 3.63) is 0 Å². The predicted molar refractivity (Wildman–Crippen MR) is 87.2 cm³/mol. The van der Waals surface area contributed by atoms with Gasteiger partial charge in [0.1, 0.15) is 10.9 Å². The van der Waals surface area contributed by atoms with Crippen LogP contribution < -0.4 is 5.73 Å². The summed E-state index contributed by atoms with van der Waals surface area (Å²) in [6.07, 6.45) is 0.892. The highest BCUT2D eigenvalue weighted by molar-refractivity contribution is 8.00. The number of amides is 2. The number of aliphatic hydroxyl groups excluding tert-OH is 1. The zero-order chi connectivity index (χ0) is 16.5. The second kappa shape index (κ2) is 6.76. The van der Waals surface area contributed by atoms with Crippen LogP contribution in [-0.4, -0.2) is 69.1 Å². The van der Waals surface area contributed by atoms with Crippen LogP contribution in [0.15, 0.2) is 0 Å². The standard InChI is InChI=1S/C15H27N3O3S/c1-10(2)13(20)17-6-4-5-15(9-17)18(7-8-22-15)14(21)12(16)11(3)19/h10-12,19H,4-9,16H2,1-3H3/t11-,12+,15?/m1/s1. The molecule has 22 heavy (non-hydrogen) atoms. The zero-order valence-corrected chi connectivity index (χ0v) is 14.4. The molecule has 6 nitrogen and oxygen atoms in total. The molecule has 2 aliphatic rings. The Balaban J connectivity index is 2.17. The van der Waals surface area contributed by atoms with E-state index in [0.717, 1.165) is 25.1 Å². The molecular formula is C15H27N3O3S. The molecule has 0 aliphatic carbocycles. The molecule has 0 radical (unpaired) electrons.